The lowest BCUT2D eigenvalue weighted by atomic mass is 9.91. The lowest BCUT2D eigenvalue weighted by molar-refractivity contribution is -0.191. The molecule has 0 unspecified atom stereocenters. The summed E-state index contributed by atoms with van der Waals surface area (Å²) in [7, 11) is 1.68. The third kappa shape index (κ3) is 10.8. The molecule has 0 saturated carbocycles. The smallest absolute Gasteiger partial charge is 0.311 e. The molecule has 1 heterocycles. The number of carbonyl (C=O) groups is 1. The standard InChI is InChI=1S/C34H50O6/c1-5-34(2,3)33(35)38-24-14-12-10-8-6-7-9-11-13-23-37-31-21-17-28(18-22-31)32-39-25-29(26-40-32)27-15-19-30(36-4)20-16-27/h15-22,29,32H,5-14,23-26H2,1-4H3. The molecule has 1 fully saturated rings. The fourth-order valence-corrected chi connectivity index (χ4v) is 4.62. The van der Waals surface area contributed by atoms with Gasteiger partial charge in [0.2, 0.25) is 0 Å². The minimum absolute atomic E-state index is 0.0700. The van der Waals surface area contributed by atoms with E-state index in [9.17, 15) is 4.79 Å². The van der Waals surface area contributed by atoms with E-state index >= 15 is 0 Å². The summed E-state index contributed by atoms with van der Waals surface area (Å²) in [5.41, 5.74) is 1.85. The molecule has 0 N–H and O–H groups in total. The van der Waals surface area contributed by atoms with Crippen LogP contribution in [0.2, 0.25) is 0 Å². The molecule has 2 aromatic rings. The first kappa shape index (κ1) is 32.0. The molecule has 0 spiro atoms. The quantitative estimate of drug-likeness (QED) is 0.136. The number of esters is 1. The lowest BCUT2D eigenvalue weighted by Gasteiger charge is -2.30. The maximum absolute atomic E-state index is 11.9. The first-order valence-corrected chi connectivity index (χ1v) is 15.2. The number of rotatable bonds is 18. The van der Waals surface area contributed by atoms with Crippen LogP contribution in [0.15, 0.2) is 48.5 Å². The summed E-state index contributed by atoms with van der Waals surface area (Å²) in [6.45, 7) is 8.47. The summed E-state index contributed by atoms with van der Waals surface area (Å²) in [5, 5.41) is 0. The number of carbonyl (C=O) groups excluding carboxylic acids is 1. The highest BCUT2D eigenvalue weighted by atomic mass is 16.7. The third-order valence-corrected chi connectivity index (χ3v) is 7.86. The molecule has 0 radical (unpaired) electrons. The van der Waals surface area contributed by atoms with Gasteiger partial charge in [0.25, 0.3) is 0 Å². The highest BCUT2D eigenvalue weighted by Gasteiger charge is 2.27. The Hall–Kier alpha value is -2.57. The van der Waals surface area contributed by atoms with Crippen molar-refractivity contribution in [2.75, 3.05) is 33.5 Å². The lowest BCUT2D eigenvalue weighted by Crippen LogP contribution is -2.26. The molecular weight excluding hydrogens is 504 g/mol. The van der Waals surface area contributed by atoms with Gasteiger partial charge in [-0.25, -0.2) is 0 Å². The van der Waals surface area contributed by atoms with Gasteiger partial charge in [0.15, 0.2) is 6.29 Å². The van der Waals surface area contributed by atoms with E-state index in [-0.39, 0.29) is 23.6 Å². The molecule has 1 saturated heterocycles. The SMILES string of the molecule is CCC(C)(C)C(=O)OCCCCCCCCCCCOc1ccc(C2OCC(c3ccc(OC)cc3)CO2)cc1. The number of hydrogen-bond donors (Lipinski definition) is 0. The Morgan fingerprint density at radius 3 is 1.80 bits per heavy atom. The van der Waals surface area contributed by atoms with E-state index < -0.39 is 0 Å². The highest BCUT2D eigenvalue weighted by molar-refractivity contribution is 5.75. The molecule has 0 atom stereocenters. The zero-order chi connectivity index (χ0) is 28.6. The molecule has 222 valence electrons. The Morgan fingerprint density at radius 2 is 1.25 bits per heavy atom. The van der Waals surface area contributed by atoms with Crippen molar-refractivity contribution in [2.24, 2.45) is 5.41 Å². The van der Waals surface area contributed by atoms with E-state index in [2.05, 4.69) is 12.1 Å². The van der Waals surface area contributed by atoms with Crippen molar-refractivity contribution >= 4 is 5.97 Å². The number of hydrogen-bond acceptors (Lipinski definition) is 6. The van der Waals surface area contributed by atoms with Gasteiger partial charge >= 0.3 is 5.97 Å². The monoisotopic (exact) mass is 554 g/mol. The van der Waals surface area contributed by atoms with Crippen LogP contribution < -0.4 is 9.47 Å². The Morgan fingerprint density at radius 1 is 0.750 bits per heavy atom. The van der Waals surface area contributed by atoms with E-state index in [1.807, 2.05) is 57.2 Å². The van der Waals surface area contributed by atoms with Gasteiger partial charge in [-0.15, -0.1) is 0 Å². The van der Waals surface area contributed by atoms with Crippen LogP contribution in [0.25, 0.3) is 0 Å². The van der Waals surface area contributed by atoms with Crippen molar-refractivity contribution in [3.63, 3.8) is 0 Å². The van der Waals surface area contributed by atoms with Crippen molar-refractivity contribution in [2.45, 2.75) is 97.2 Å². The molecule has 6 heteroatoms. The number of ether oxygens (including phenoxy) is 5. The molecule has 0 bridgehead atoms. The van der Waals surface area contributed by atoms with Gasteiger partial charge in [-0.2, -0.15) is 0 Å². The van der Waals surface area contributed by atoms with Gasteiger partial charge in [-0.1, -0.05) is 76.1 Å². The molecule has 0 amide bonds. The Labute approximate surface area is 241 Å². The minimum Gasteiger partial charge on any atom is -0.497 e. The number of benzene rings is 2. The summed E-state index contributed by atoms with van der Waals surface area (Å²) < 4.78 is 28.6. The summed E-state index contributed by atoms with van der Waals surface area (Å²) >= 11 is 0. The van der Waals surface area contributed by atoms with Gasteiger partial charge in [0.1, 0.15) is 11.5 Å². The predicted molar refractivity (Wildman–Crippen MR) is 159 cm³/mol. The van der Waals surface area contributed by atoms with Crippen LogP contribution in [-0.4, -0.2) is 39.5 Å². The van der Waals surface area contributed by atoms with E-state index in [1.165, 1.54) is 44.1 Å². The maximum atomic E-state index is 11.9. The molecule has 3 rings (SSSR count). The predicted octanol–water partition coefficient (Wildman–Crippen LogP) is 8.39. The fourth-order valence-electron chi connectivity index (χ4n) is 4.62. The van der Waals surface area contributed by atoms with Crippen LogP contribution >= 0.6 is 0 Å². The number of methoxy groups -OCH3 is 1. The Bertz CT molecular complexity index is 961. The van der Waals surface area contributed by atoms with E-state index in [4.69, 9.17) is 23.7 Å². The first-order chi connectivity index (χ1) is 19.4. The second kappa shape index (κ2) is 17.3. The van der Waals surface area contributed by atoms with Crippen LogP contribution in [0.5, 0.6) is 11.5 Å². The molecule has 1 aliphatic heterocycles. The molecular formula is C34H50O6. The van der Waals surface area contributed by atoms with Crippen LogP contribution in [0.3, 0.4) is 0 Å². The summed E-state index contributed by atoms with van der Waals surface area (Å²) in [4.78, 5) is 11.9. The summed E-state index contributed by atoms with van der Waals surface area (Å²) in [6.07, 6.45) is 11.1. The van der Waals surface area contributed by atoms with Crippen LogP contribution in [0.1, 0.15) is 108 Å². The van der Waals surface area contributed by atoms with Crippen molar-refractivity contribution in [3.8, 4) is 11.5 Å². The largest absolute Gasteiger partial charge is 0.497 e. The molecule has 40 heavy (non-hydrogen) atoms. The Kier molecular flexibility index (Phi) is 13.8. The summed E-state index contributed by atoms with van der Waals surface area (Å²) in [5.74, 6) is 1.90. The minimum atomic E-state index is -0.361. The second-order valence-electron chi connectivity index (χ2n) is 11.4. The van der Waals surface area contributed by atoms with Crippen molar-refractivity contribution < 1.29 is 28.5 Å². The molecule has 6 nitrogen and oxygen atoms in total. The van der Waals surface area contributed by atoms with E-state index in [0.29, 0.717) is 19.8 Å². The molecule has 0 aliphatic carbocycles. The highest BCUT2D eigenvalue weighted by Crippen LogP contribution is 2.31. The first-order valence-electron chi connectivity index (χ1n) is 15.2. The van der Waals surface area contributed by atoms with Gasteiger partial charge in [-0.3, -0.25) is 4.79 Å². The van der Waals surface area contributed by atoms with Gasteiger partial charge in [0, 0.05) is 11.5 Å². The van der Waals surface area contributed by atoms with Crippen molar-refractivity contribution in [3.05, 3.63) is 59.7 Å². The average molecular weight is 555 g/mol. The zero-order valence-corrected chi connectivity index (χ0v) is 25.1. The average Bonchev–Trinajstić information content (AvgIpc) is 2.99. The van der Waals surface area contributed by atoms with Crippen molar-refractivity contribution in [1.29, 1.82) is 0 Å². The van der Waals surface area contributed by atoms with Gasteiger partial charge < -0.3 is 23.7 Å². The van der Waals surface area contributed by atoms with Crippen LogP contribution in [0, 0.1) is 5.41 Å². The van der Waals surface area contributed by atoms with Crippen LogP contribution in [-0.2, 0) is 19.0 Å². The van der Waals surface area contributed by atoms with E-state index in [1.54, 1.807) is 7.11 Å². The maximum Gasteiger partial charge on any atom is 0.311 e. The molecule has 0 aromatic heterocycles. The van der Waals surface area contributed by atoms with Crippen LogP contribution in [0.4, 0.5) is 0 Å². The van der Waals surface area contributed by atoms with E-state index in [0.717, 1.165) is 49.4 Å². The summed E-state index contributed by atoms with van der Waals surface area (Å²) in [6, 6.07) is 16.2. The topological polar surface area (TPSA) is 63.2 Å². The normalized spacial score (nSPS) is 17.4. The van der Waals surface area contributed by atoms with Gasteiger partial charge in [0.05, 0.1) is 39.0 Å². The van der Waals surface area contributed by atoms with Gasteiger partial charge in [-0.05, 0) is 62.9 Å². The van der Waals surface area contributed by atoms with Crippen molar-refractivity contribution in [1.82, 2.24) is 0 Å². The number of unbranched alkanes of at least 4 members (excludes halogenated alkanes) is 8. The second-order valence-corrected chi connectivity index (χ2v) is 11.4. The molecule has 2 aromatic carbocycles. The molecule has 1 aliphatic rings. The Balaban J connectivity index is 1.17. The third-order valence-electron chi connectivity index (χ3n) is 7.86. The fraction of sp³-hybridized carbons (Fsp3) is 0.618. The zero-order valence-electron chi connectivity index (χ0n) is 25.1.